The van der Waals surface area contributed by atoms with Crippen molar-refractivity contribution in [3.63, 3.8) is 0 Å². The molecule has 6 heteroatoms. The highest BCUT2D eigenvalue weighted by molar-refractivity contribution is 7.19. The second-order valence-corrected chi connectivity index (χ2v) is 10.1. The van der Waals surface area contributed by atoms with Crippen molar-refractivity contribution in [2.75, 3.05) is 18.0 Å². The van der Waals surface area contributed by atoms with Crippen LogP contribution in [0.4, 0.5) is 5.69 Å². The Balaban J connectivity index is 0.00000380. The van der Waals surface area contributed by atoms with E-state index in [1.165, 1.54) is 31.4 Å². The average molecular weight is 580 g/mol. The second-order valence-electron chi connectivity index (χ2n) is 9.06. The van der Waals surface area contributed by atoms with Crippen LogP contribution in [0.15, 0.2) is 72.8 Å². The van der Waals surface area contributed by atoms with E-state index in [1.54, 1.807) is 11.3 Å². The van der Waals surface area contributed by atoms with Gasteiger partial charge >= 0.3 is 5.97 Å². The van der Waals surface area contributed by atoms with Crippen molar-refractivity contribution in [2.24, 2.45) is 0 Å². The molecule has 0 radical (unpaired) electrons. The average Bonchev–Trinajstić information content (AvgIpc) is 3.24. The van der Waals surface area contributed by atoms with Gasteiger partial charge in [-0.15, -0.1) is 0 Å². The molecule has 4 aromatic rings. The van der Waals surface area contributed by atoms with Gasteiger partial charge in [0, 0.05) is 24.9 Å². The van der Waals surface area contributed by atoms with E-state index >= 15 is 0 Å². The van der Waals surface area contributed by atoms with Gasteiger partial charge in [0.15, 0.2) is 0 Å². The molecule has 0 saturated carbocycles. The summed E-state index contributed by atoms with van der Waals surface area (Å²) in [5, 5.41) is 12.7. The molecule has 0 atom stereocenters. The van der Waals surface area contributed by atoms with Crippen molar-refractivity contribution >= 4 is 56.1 Å². The molecule has 1 aromatic heterocycles. The van der Waals surface area contributed by atoms with Crippen LogP contribution in [0.5, 0.6) is 0 Å². The molecule has 0 aliphatic heterocycles. The molecule has 0 aliphatic rings. The van der Waals surface area contributed by atoms with Crippen LogP contribution in [0.2, 0.25) is 0 Å². The van der Waals surface area contributed by atoms with Crippen LogP contribution in [0.1, 0.15) is 50.1 Å². The van der Waals surface area contributed by atoms with Gasteiger partial charge in [-0.05, 0) is 48.1 Å². The molecule has 194 valence electrons. The lowest BCUT2D eigenvalue weighted by Gasteiger charge is -2.24. The topological polar surface area (TPSA) is 44.4 Å². The van der Waals surface area contributed by atoms with E-state index in [0.717, 1.165) is 44.6 Å². The Morgan fingerprint density at radius 2 is 1.59 bits per heavy atom. The number of anilines is 1. The van der Waals surface area contributed by atoms with Gasteiger partial charge in [-0.1, -0.05) is 92.7 Å². The molecule has 4 rings (SSSR count). The number of carboxylic acid groups (broad SMARTS) is 1. The van der Waals surface area contributed by atoms with Gasteiger partial charge < -0.3 is 27.0 Å². The van der Waals surface area contributed by atoms with Crippen LogP contribution in [0, 0.1) is 0 Å². The number of thiazole rings is 1. The Morgan fingerprint density at radius 1 is 0.919 bits per heavy atom. The molecule has 3 aromatic carbocycles. The highest BCUT2D eigenvalue weighted by Gasteiger charge is 2.23. The highest BCUT2D eigenvalue weighted by Crippen LogP contribution is 2.29. The first-order chi connectivity index (χ1) is 17.6. The maximum absolute atomic E-state index is 11.6. The zero-order valence-electron chi connectivity index (χ0n) is 21.6. The molecule has 0 bridgehead atoms. The van der Waals surface area contributed by atoms with E-state index in [-0.39, 0.29) is 23.5 Å². The van der Waals surface area contributed by atoms with Gasteiger partial charge in [0.2, 0.25) is 12.1 Å². The van der Waals surface area contributed by atoms with Crippen LogP contribution >= 0.6 is 11.3 Å². The lowest BCUT2D eigenvalue weighted by molar-refractivity contribution is -0.656. The number of rotatable bonds is 12. The maximum atomic E-state index is 11.6. The summed E-state index contributed by atoms with van der Waals surface area (Å²) in [6.07, 6.45) is 13.0. The molecule has 1 heterocycles. The van der Waals surface area contributed by atoms with E-state index < -0.39 is 5.97 Å². The number of aliphatic carboxylic acids is 1. The van der Waals surface area contributed by atoms with E-state index in [9.17, 15) is 9.90 Å². The third kappa shape index (κ3) is 7.30. The molecule has 0 fully saturated rings. The van der Waals surface area contributed by atoms with Gasteiger partial charge in [-0.3, -0.25) is 0 Å². The Kier molecular flexibility index (Phi) is 10.9. The predicted molar refractivity (Wildman–Crippen MR) is 154 cm³/mol. The number of halogens is 1. The van der Waals surface area contributed by atoms with Crippen molar-refractivity contribution in [3.05, 3.63) is 83.4 Å². The summed E-state index contributed by atoms with van der Waals surface area (Å²) in [7, 11) is 0. The highest BCUT2D eigenvalue weighted by atomic mass is 79.9. The smallest absolute Gasteiger partial charge is 0.370 e. The Labute approximate surface area is 234 Å². The van der Waals surface area contributed by atoms with Crippen LogP contribution in [0.3, 0.4) is 0 Å². The third-order valence-corrected chi connectivity index (χ3v) is 7.48. The molecule has 1 N–H and O–H groups in total. The molecular formula is C31H35BrN2O2S. The molecule has 0 amide bonds. The minimum atomic E-state index is -0.843. The van der Waals surface area contributed by atoms with E-state index in [4.69, 9.17) is 0 Å². The lowest BCUT2D eigenvalue weighted by atomic mass is 10.1. The third-order valence-electron chi connectivity index (χ3n) is 6.37. The zero-order chi connectivity index (χ0) is 25.3. The zero-order valence-corrected chi connectivity index (χ0v) is 24.0. The Hall–Kier alpha value is -2.96. The first kappa shape index (κ1) is 28.6. The minimum Gasteiger partial charge on any atom is -1.00 e. The molecule has 0 aliphatic carbocycles. The number of hydrogen-bond donors (Lipinski definition) is 1. The van der Waals surface area contributed by atoms with Crippen molar-refractivity contribution in [3.8, 4) is 0 Å². The van der Waals surface area contributed by atoms with Crippen LogP contribution < -0.4 is 26.4 Å². The van der Waals surface area contributed by atoms with Gasteiger partial charge in [0.1, 0.15) is 4.70 Å². The molecule has 0 spiro atoms. The van der Waals surface area contributed by atoms with Crippen molar-refractivity contribution in [1.82, 2.24) is 0 Å². The number of carboxylic acids is 1. The van der Waals surface area contributed by atoms with E-state index in [0.29, 0.717) is 0 Å². The molecule has 0 saturated heterocycles. The normalized spacial score (nSPS) is 11.5. The molecular weight excluding hydrogens is 544 g/mol. The Bertz CT molecular complexity index is 1370. The summed E-state index contributed by atoms with van der Waals surface area (Å²) < 4.78 is 3.00. The monoisotopic (exact) mass is 578 g/mol. The van der Waals surface area contributed by atoms with Gasteiger partial charge in [-0.2, -0.15) is 4.57 Å². The fourth-order valence-electron chi connectivity index (χ4n) is 4.46. The van der Waals surface area contributed by atoms with E-state index in [2.05, 4.69) is 73.4 Å². The fraction of sp³-hybridized carbons (Fsp3) is 0.290. The van der Waals surface area contributed by atoms with Gasteiger partial charge in [-0.25, -0.2) is 4.79 Å². The van der Waals surface area contributed by atoms with Crippen molar-refractivity contribution in [1.29, 1.82) is 0 Å². The largest absolute Gasteiger partial charge is 1.00 e. The number of nitrogens with zero attached hydrogens (tertiary/aromatic N) is 2. The fourth-order valence-corrected chi connectivity index (χ4v) is 5.55. The summed E-state index contributed by atoms with van der Waals surface area (Å²) >= 11 is 1.62. The Morgan fingerprint density at radius 3 is 2.27 bits per heavy atom. The van der Waals surface area contributed by atoms with E-state index in [1.807, 2.05) is 34.9 Å². The molecule has 0 unspecified atom stereocenters. The summed E-state index contributed by atoms with van der Waals surface area (Å²) in [6, 6.07) is 21.1. The summed E-state index contributed by atoms with van der Waals surface area (Å²) in [5.41, 5.74) is 3.42. The number of fused-ring (bicyclic) bond motifs is 3. The van der Waals surface area contributed by atoms with Crippen LogP contribution in [-0.4, -0.2) is 24.2 Å². The second kappa shape index (κ2) is 14.1. The van der Waals surface area contributed by atoms with Gasteiger partial charge in [0.25, 0.3) is 5.01 Å². The van der Waals surface area contributed by atoms with Crippen molar-refractivity contribution in [2.45, 2.75) is 46.1 Å². The molecule has 4 nitrogen and oxygen atoms in total. The first-order valence-corrected chi connectivity index (χ1v) is 13.7. The number of hydrogen-bond acceptors (Lipinski definition) is 3. The number of benzene rings is 3. The number of carbonyl (C=O) groups is 1. The minimum absolute atomic E-state index is 0. The molecule has 37 heavy (non-hydrogen) atoms. The first-order valence-electron chi connectivity index (χ1n) is 12.9. The van der Waals surface area contributed by atoms with Crippen LogP contribution in [-0.2, 0) is 11.3 Å². The SMILES string of the molecule is CCCCN(CCCC)c1ccc(/C=C/C=C/c2sc3ccc4ccccc4c3[n+]2CC(=O)O)cc1.[Br-]. The maximum Gasteiger partial charge on any atom is 0.370 e. The number of unbranched alkanes of at least 4 members (excludes halogenated alkanes) is 2. The van der Waals surface area contributed by atoms with Crippen molar-refractivity contribution < 1.29 is 31.4 Å². The van der Waals surface area contributed by atoms with Crippen LogP contribution in [0.25, 0.3) is 33.1 Å². The van der Waals surface area contributed by atoms with Gasteiger partial charge in [0.05, 0.1) is 5.39 Å². The summed E-state index contributed by atoms with van der Waals surface area (Å²) in [4.78, 5) is 14.1. The lowest BCUT2D eigenvalue weighted by Crippen LogP contribution is -3.00. The summed E-state index contributed by atoms with van der Waals surface area (Å²) in [6.45, 7) is 6.63. The number of allylic oxidation sites excluding steroid dienone is 2. The predicted octanol–water partition coefficient (Wildman–Crippen LogP) is 4.56. The summed E-state index contributed by atoms with van der Waals surface area (Å²) in [5.74, 6) is -0.843. The standard InChI is InChI=1S/C31H34N2O2S.BrH/c1-3-5-21-32(22-6-4-2)26-18-15-24(16-19-26)11-7-10-14-29-33(23-30(34)35)31-27-13-9-8-12-25(27)17-20-28(31)36-29;/h7-20H,3-6,21-23H2,1-2H3;1H. The number of aromatic nitrogens is 1. The quantitative estimate of drug-likeness (QED) is 0.198.